The molecule has 1 fully saturated rings. The molecule has 0 bridgehead atoms. The Kier molecular flexibility index (Phi) is 4.96. The zero-order valence-corrected chi connectivity index (χ0v) is 13.0. The van der Waals surface area contributed by atoms with Crippen molar-refractivity contribution in [1.29, 1.82) is 0 Å². The molecule has 1 aliphatic heterocycles. The average Bonchev–Trinajstić information content (AvgIpc) is 2.23. The van der Waals surface area contributed by atoms with E-state index in [1.807, 2.05) is 20.8 Å². The second-order valence-electron chi connectivity index (χ2n) is 6.95. The molecule has 0 aromatic heterocycles. The molecule has 5 heteroatoms. The van der Waals surface area contributed by atoms with E-state index in [9.17, 15) is 4.79 Å². The second kappa shape index (κ2) is 5.90. The molecule has 1 amide bonds. The maximum absolute atomic E-state index is 11.5. The number of hydrogen-bond acceptors (Lipinski definition) is 4. The van der Waals surface area contributed by atoms with Gasteiger partial charge in [-0.3, -0.25) is 4.90 Å². The minimum Gasteiger partial charge on any atom is -0.443 e. The van der Waals surface area contributed by atoms with Crippen molar-refractivity contribution in [3.05, 3.63) is 0 Å². The summed E-state index contributed by atoms with van der Waals surface area (Å²) in [6.07, 6.45) is 1.30. The number of rotatable bonds is 1. The molecule has 1 rings (SSSR count). The number of hydrogen-bond donors (Lipinski definition) is 1. The van der Waals surface area contributed by atoms with Crippen molar-refractivity contribution in [2.45, 2.75) is 65.5 Å². The van der Waals surface area contributed by atoms with Crippen molar-refractivity contribution >= 4 is 11.8 Å². The monoisotopic (exact) mass is 269 g/mol. The summed E-state index contributed by atoms with van der Waals surface area (Å²) in [5, 5.41) is 4.15. The van der Waals surface area contributed by atoms with Crippen LogP contribution in [-0.2, 0) is 4.74 Å². The van der Waals surface area contributed by atoms with Gasteiger partial charge in [0, 0.05) is 37.2 Å². The van der Waals surface area contributed by atoms with Gasteiger partial charge in [0.2, 0.25) is 0 Å². The third kappa shape index (κ3) is 6.05. The second-order valence-corrected chi connectivity index (χ2v) is 6.95. The largest absolute Gasteiger partial charge is 0.443 e. The molecule has 0 atom stereocenters. The van der Waals surface area contributed by atoms with Crippen molar-refractivity contribution in [1.82, 2.24) is 10.3 Å². The van der Waals surface area contributed by atoms with Gasteiger partial charge in [0.1, 0.15) is 5.60 Å². The van der Waals surface area contributed by atoms with Crippen molar-refractivity contribution in [3.63, 3.8) is 0 Å². The number of hydrazone groups is 1. The molecule has 0 radical (unpaired) electrons. The molecule has 1 aliphatic rings. The summed E-state index contributed by atoms with van der Waals surface area (Å²) in [6, 6.07) is 0. The Balaban J connectivity index is 2.40. The van der Waals surface area contributed by atoms with E-state index < -0.39 is 11.7 Å². The van der Waals surface area contributed by atoms with Gasteiger partial charge in [-0.1, -0.05) is 0 Å². The molecule has 1 heterocycles. The fourth-order valence-electron chi connectivity index (χ4n) is 1.97. The molecular weight excluding hydrogens is 242 g/mol. The normalized spacial score (nSPS) is 18.1. The van der Waals surface area contributed by atoms with Crippen LogP contribution in [0.1, 0.15) is 54.4 Å². The summed E-state index contributed by atoms with van der Waals surface area (Å²) in [4.78, 5) is 13.9. The first kappa shape index (κ1) is 16.0. The van der Waals surface area contributed by atoms with Crippen LogP contribution in [0.4, 0.5) is 4.79 Å². The maximum Gasteiger partial charge on any atom is 0.428 e. The predicted octanol–water partition coefficient (Wildman–Crippen LogP) is 2.76. The van der Waals surface area contributed by atoms with E-state index in [4.69, 9.17) is 4.74 Å². The first-order chi connectivity index (χ1) is 8.58. The van der Waals surface area contributed by atoms with Crippen LogP contribution in [0.3, 0.4) is 0 Å². The number of carbonyl (C=O) groups excluding carboxylic acids is 1. The van der Waals surface area contributed by atoms with E-state index in [2.05, 4.69) is 36.2 Å². The highest BCUT2D eigenvalue weighted by atomic mass is 16.6. The van der Waals surface area contributed by atoms with Gasteiger partial charge >= 0.3 is 6.09 Å². The molecule has 5 nitrogen and oxygen atoms in total. The maximum atomic E-state index is 11.5. The van der Waals surface area contributed by atoms with Crippen molar-refractivity contribution < 1.29 is 9.53 Å². The van der Waals surface area contributed by atoms with E-state index in [-0.39, 0.29) is 5.54 Å². The third-order valence-corrected chi connectivity index (χ3v) is 2.99. The van der Waals surface area contributed by atoms with Crippen LogP contribution in [0, 0.1) is 0 Å². The molecule has 0 spiro atoms. The van der Waals surface area contributed by atoms with E-state index in [0.717, 1.165) is 31.6 Å². The Bertz CT molecular complexity index is 341. The van der Waals surface area contributed by atoms with Crippen LogP contribution < -0.4 is 5.43 Å². The predicted molar refractivity (Wildman–Crippen MR) is 77.4 cm³/mol. The summed E-state index contributed by atoms with van der Waals surface area (Å²) >= 11 is 0. The van der Waals surface area contributed by atoms with Crippen molar-refractivity contribution in [2.24, 2.45) is 5.10 Å². The zero-order chi connectivity index (χ0) is 14.7. The smallest absolute Gasteiger partial charge is 0.428 e. The molecule has 0 aliphatic carbocycles. The summed E-state index contributed by atoms with van der Waals surface area (Å²) in [5.74, 6) is 0. The minimum absolute atomic E-state index is 0.199. The minimum atomic E-state index is -0.488. The van der Waals surface area contributed by atoms with Crippen LogP contribution in [-0.4, -0.2) is 40.9 Å². The van der Waals surface area contributed by atoms with Gasteiger partial charge in [-0.2, -0.15) is 5.10 Å². The lowest BCUT2D eigenvalue weighted by molar-refractivity contribution is 0.0528. The van der Waals surface area contributed by atoms with E-state index in [1.165, 1.54) is 0 Å². The SMILES string of the molecule is CC(C)(C)OC(=O)NN=C1CCN(C(C)(C)C)CC1. The number of likely N-dealkylation sites (tertiary alicyclic amines) is 1. The zero-order valence-electron chi connectivity index (χ0n) is 13.0. The van der Waals surface area contributed by atoms with Crippen molar-refractivity contribution in [3.8, 4) is 0 Å². The molecule has 0 aromatic rings. The number of nitrogens with zero attached hydrogens (tertiary/aromatic N) is 2. The van der Waals surface area contributed by atoms with Gasteiger partial charge in [0.15, 0.2) is 0 Å². The average molecular weight is 269 g/mol. The van der Waals surface area contributed by atoms with Crippen LogP contribution in [0.5, 0.6) is 0 Å². The first-order valence-corrected chi connectivity index (χ1v) is 6.87. The highest BCUT2D eigenvalue weighted by Crippen LogP contribution is 2.18. The summed E-state index contributed by atoms with van der Waals surface area (Å²) < 4.78 is 5.14. The van der Waals surface area contributed by atoms with Crippen LogP contribution in [0.2, 0.25) is 0 Å². The van der Waals surface area contributed by atoms with Crippen LogP contribution in [0.25, 0.3) is 0 Å². The quantitative estimate of drug-likeness (QED) is 0.745. The number of ether oxygens (including phenoxy) is 1. The van der Waals surface area contributed by atoms with Crippen LogP contribution in [0.15, 0.2) is 5.10 Å². The summed E-state index contributed by atoms with van der Waals surface area (Å²) in [5.41, 5.74) is 3.22. The molecule has 0 aromatic carbocycles. The van der Waals surface area contributed by atoms with Gasteiger partial charge in [-0.05, 0) is 41.5 Å². The first-order valence-electron chi connectivity index (χ1n) is 6.87. The number of carbonyl (C=O) groups is 1. The topological polar surface area (TPSA) is 53.9 Å². The molecule has 1 N–H and O–H groups in total. The molecule has 19 heavy (non-hydrogen) atoms. The number of amides is 1. The van der Waals surface area contributed by atoms with Gasteiger partial charge in [-0.15, -0.1) is 0 Å². The van der Waals surface area contributed by atoms with Gasteiger partial charge in [0.05, 0.1) is 0 Å². The third-order valence-electron chi connectivity index (χ3n) is 2.99. The Morgan fingerprint density at radius 1 is 1.16 bits per heavy atom. The highest BCUT2D eigenvalue weighted by Gasteiger charge is 2.25. The molecular formula is C14H27N3O2. The Morgan fingerprint density at radius 3 is 2.11 bits per heavy atom. The Hall–Kier alpha value is -1.10. The lowest BCUT2D eigenvalue weighted by atomic mass is 10.00. The van der Waals surface area contributed by atoms with Gasteiger partial charge in [-0.25, -0.2) is 10.2 Å². The number of piperidine rings is 1. The molecule has 0 unspecified atom stereocenters. The molecule has 1 saturated heterocycles. The summed E-state index contributed by atoms with van der Waals surface area (Å²) in [7, 11) is 0. The van der Waals surface area contributed by atoms with E-state index >= 15 is 0 Å². The lowest BCUT2D eigenvalue weighted by Crippen LogP contribution is -2.46. The fraction of sp³-hybridized carbons (Fsp3) is 0.857. The van der Waals surface area contributed by atoms with Crippen LogP contribution >= 0.6 is 0 Å². The van der Waals surface area contributed by atoms with Crippen molar-refractivity contribution in [2.75, 3.05) is 13.1 Å². The highest BCUT2D eigenvalue weighted by molar-refractivity contribution is 5.86. The Morgan fingerprint density at radius 2 is 1.68 bits per heavy atom. The molecule has 110 valence electrons. The van der Waals surface area contributed by atoms with E-state index in [1.54, 1.807) is 0 Å². The van der Waals surface area contributed by atoms with Gasteiger partial charge in [0.25, 0.3) is 0 Å². The number of nitrogens with one attached hydrogen (secondary N) is 1. The lowest BCUT2D eigenvalue weighted by Gasteiger charge is -2.38. The molecule has 0 saturated carbocycles. The Labute approximate surface area is 116 Å². The standard InChI is InChI=1S/C14H27N3O2/c1-13(2,3)17-9-7-11(8-10-17)15-16-12(18)19-14(4,5)6/h7-10H2,1-6H3,(H,16,18). The van der Waals surface area contributed by atoms with E-state index in [0.29, 0.717) is 0 Å². The summed E-state index contributed by atoms with van der Waals surface area (Å²) in [6.45, 7) is 14.1. The van der Waals surface area contributed by atoms with Gasteiger partial charge < -0.3 is 4.74 Å². The fourth-order valence-corrected chi connectivity index (χ4v) is 1.97.